The molecule has 0 aromatic rings. The maximum atomic E-state index is 13.1. The van der Waals surface area contributed by atoms with Gasteiger partial charge >= 0.3 is 7.82 Å². The molecule has 0 aromatic heterocycles. The van der Waals surface area contributed by atoms with Gasteiger partial charge in [-0.05, 0) is 64.2 Å². The third kappa shape index (κ3) is 63.5. The second-order valence-electron chi connectivity index (χ2n) is 24.5. The van der Waals surface area contributed by atoms with Gasteiger partial charge in [-0.15, -0.1) is 0 Å². The van der Waals surface area contributed by atoms with Crippen molar-refractivity contribution < 1.29 is 32.9 Å². The number of hydrogen-bond acceptors (Lipinski definition) is 5. The quantitative estimate of drug-likeness (QED) is 0.0243. The van der Waals surface area contributed by atoms with Gasteiger partial charge in [-0.25, -0.2) is 4.57 Å². The molecule has 0 fully saturated rings. The molecule has 0 heterocycles. The zero-order valence-corrected chi connectivity index (χ0v) is 54.5. The number of allylic oxidation sites excluding steroid dienone is 11. The summed E-state index contributed by atoms with van der Waals surface area (Å²) >= 11 is 0. The van der Waals surface area contributed by atoms with E-state index in [1.54, 1.807) is 6.08 Å². The van der Waals surface area contributed by atoms with Crippen LogP contribution in [0.3, 0.4) is 0 Å². The molecule has 0 aliphatic rings. The van der Waals surface area contributed by atoms with Gasteiger partial charge in [0.05, 0.1) is 39.9 Å². The van der Waals surface area contributed by atoms with Gasteiger partial charge < -0.3 is 19.8 Å². The summed E-state index contributed by atoms with van der Waals surface area (Å²) in [5.41, 5.74) is 0. The van der Waals surface area contributed by atoms with Gasteiger partial charge in [0.2, 0.25) is 5.91 Å². The summed E-state index contributed by atoms with van der Waals surface area (Å²) in [6.07, 6.45) is 86.1. The molecule has 0 saturated carbocycles. The Kier molecular flexibility index (Phi) is 59.9. The maximum absolute atomic E-state index is 13.1. The van der Waals surface area contributed by atoms with Crippen LogP contribution in [0.5, 0.6) is 0 Å². The summed E-state index contributed by atoms with van der Waals surface area (Å²) in [5, 5.41) is 14.0. The van der Waals surface area contributed by atoms with E-state index >= 15 is 0 Å². The number of aliphatic hydroxyl groups is 1. The molecule has 0 spiro atoms. The molecule has 0 radical (unpaired) electrons. The molecule has 1 amide bonds. The van der Waals surface area contributed by atoms with E-state index < -0.39 is 20.0 Å². The Morgan fingerprint density at radius 1 is 0.438 bits per heavy atom. The molecule has 3 unspecified atom stereocenters. The number of nitrogens with one attached hydrogen (secondary N) is 1. The van der Waals surface area contributed by atoms with E-state index in [1.165, 1.54) is 231 Å². The average molecular weight is 1140 g/mol. The number of nitrogens with zero attached hydrogens (tertiary/aromatic N) is 1. The highest BCUT2D eigenvalue weighted by atomic mass is 31.2. The van der Waals surface area contributed by atoms with Crippen LogP contribution in [0.1, 0.15) is 322 Å². The molecular formula is C71H134N2O6P+. The summed E-state index contributed by atoms with van der Waals surface area (Å²) in [4.78, 5) is 23.4. The Bertz CT molecular complexity index is 1530. The average Bonchev–Trinajstić information content (AvgIpc) is 3.42. The lowest BCUT2D eigenvalue weighted by Crippen LogP contribution is -2.45. The van der Waals surface area contributed by atoms with E-state index in [9.17, 15) is 19.4 Å². The van der Waals surface area contributed by atoms with E-state index in [0.29, 0.717) is 17.4 Å². The van der Waals surface area contributed by atoms with Gasteiger partial charge in [0.1, 0.15) is 13.2 Å². The molecule has 3 atom stereocenters. The molecular weight excluding hydrogens is 1010 g/mol. The first-order chi connectivity index (χ1) is 39.0. The minimum absolute atomic E-state index is 0.0606. The standard InChI is InChI=1S/C71H133N2O6P/c1-6-8-10-12-14-16-18-20-22-24-26-28-30-32-34-35-36-37-39-41-43-45-47-49-51-53-55-57-59-61-63-65-71(75)72-69(68-79-80(76,77)78-67-66-73(3,4)5)70(74)64-62-60-58-56-54-52-50-48-46-44-42-40-38-33-31-29-27-25-23-21-19-17-15-13-11-9-7-2/h8,10,14,16,20,22,26,28,32,34,62,64,69-70,74H,6-7,9,11-13,15,17-19,21,23-25,27,29-31,33,35-61,63,65-68H2,1-5H3,(H-,72,75,76,77)/p+1/b10-8-,16-14-,22-20-,28-26-,34-32-,64-62+. The first kappa shape index (κ1) is 77.9. The Morgan fingerprint density at radius 3 is 1.10 bits per heavy atom. The normalized spacial score (nSPS) is 14.1. The van der Waals surface area contributed by atoms with Gasteiger partial charge in [0.25, 0.3) is 0 Å². The van der Waals surface area contributed by atoms with Crippen LogP contribution in [-0.2, 0) is 18.4 Å². The fraction of sp³-hybridized carbons (Fsp3) is 0.817. The Labute approximate surface area is 497 Å². The van der Waals surface area contributed by atoms with Crippen LogP contribution >= 0.6 is 7.82 Å². The van der Waals surface area contributed by atoms with Crippen molar-refractivity contribution in [3.05, 3.63) is 72.9 Å². The summed E-state index contributed by atoms with van der Waals surface area (Å²) in [7, 11) is 1.58. The van der Waals surface area contributed by atoms with Crippen molar-refractivity contribution in [3.8, 4) is 0 Å². The lowest BCUT2D eigenvalue weighted by Gasteiger charge is -2.25. The smallest absolute Gasteiger partial charge is 0.387 e. The Balaban J connectivity index is 4.09. The SMILES string of the molecule is CC/C=C\C/C=C\C/C=C\C/C=C\C/C=C\CCCCCCCCCCCCCCCCCC(=O)NC(COP(=O)(O)OCC[N+](C)(C)C)C(O)/C=C/CCCCCCCCCCCCCCCCCCCCCCCCCCC. The monoisotopic (exact) mass is 1140 g/mol. The zero-order valence-electron chi connectivity index (χ0n) is 53.6. The number of phosphoric acid groups is 1. The molecule has 0 bridgehead atoms. The highest BCUT2D eigenvalue weighted by Gasteiger charge is 2.28. The molecule has 0 saturated heterocycles. The highest BCUT2D eigenvalue weighted by molar-refractivity contribution is 7.47. The Morgan fingerprint density at radius 2 is 0.750 bits per heavy atom. The molecule has 3 N–H and O–H groups in total. The molecule has 8 nitrogen and oxygen atoms in total. The predicted octanol–water partition coefficient (Wildman–Crippen LogP) is 21.8. The maximum Gasteiger partial charge on any atom is 0.472 e. The molecule has 0 aliphatic carbocycles. The lowest BCUT2D eigenvalue weighted by molar-refractivity contribution is -0.870. The number of likely N-dealkylation sites (N-methyl/N-ethyl adjacent to an activating group) is 1. The van der Waals surface area contributed by atoms with Crippen LogP contribution in [0.2, 0.25) is 0 Å². The third-order valence-electron chi connectivity index (χ3n) is 15.4. The molecule has 0 aliphatic heterocycles. The lowest BCUT2D eigenvalue weighted by atomic mass is 10.0. The summed E-state index contributed by atoms with van der Waals surface area (Å²) in [6, 6.07) is -0.851. The van der Waals surface area contributed by atoms with Crippen LogP contribution in [0.4, 0.5) is 0 Å². The van der Waals surface area contributed by atoms with E-state index in [-0.39, 0.29) is 19.1 Å². The van der Waals surface area contributed by atoms with E-state index in [2.05, 4.69) is 79.9 Å². The number of hydrogen-bond donors (Lipinski definition) is 3. The fourth-order valence-electron chi connectivity index (χ4n) is 10.1. The van der Waals surface area contributed by atoms with Crippen molar-refractivity contribution in [2.45, 2.75) is 334 Å². The molecule has 468 valence electrons. The number of amides is 1. The number of quaternary nitrogens is 1. The number of aliphatic hydroxyl groups excluding tert-OH is 1. The topological polar surface area (TPSA) is 105 Å². The van der Waals surface area contributed by atoms with Gasteiger partial charge in [-0.3, -0.25) is 13.8 Å². The van der Waals surface area contributed by atoms with Gasteiger partial charge in [0.15, 0.2) is 0 Å². The van der Waals surface area contributed by atoms with Gasteiger partial charge in [-0.2, -0.15) is 0 Å². The van der Waals surface area contributed by atoms with E-state index in [0.717, 1.165) is 70.6 Å². The zero-order chi connectivity index (χ0) is 58.4. The minimum atomic E-state index is -4.36. The minimum Gasteiger partial charge on any atom is -0.387 e. The van der Waals surface area contributed by atoms with Gasteiger partial charge in [0, 0.05) is 6.42 Å². The second-order valence-corrected chi connectivity index (χ2v) is 26.0. The molecule has 80 heavy (non-hydrogen) atoms. The number of carbonyl (C=O) groups excluding carboxylic acids is 1. The van der Waals surface area contributed by atoms with Crippen molar-refractivity contribution in [1.29, 1.82) is 0 Å². The molecule has 0 aromatic carbocycles. The van der Waals surface area contributed by atoms with Crippen LogP contribution in [0, 0.1) is 0 Å². The van der Waals surface area contributed by atoms with E-state index in [1.807, 2.05) is 27.2 Å². The summed E-state index contributed by atoms with van der Waals surface area (Å²) < 4.78 is 23.8. The largest absolute Gasteiger partial charge is 0.472 e. The number of unbranched alkanes of at least 4 members (excludes halogenated alkanes) is 40. The fourth-order valence-corrected chi connectivity index (χ4v) is 10.9. The molecule has 0 rings (SSSR count). The van der Waals surface area contributed by atoms with Gasteiger partial charge in [-0.1, -0.05) is 324 Å². The predicted molar refractivity (Wildman–Crippen MR) is 350 cm³/mol. The van der Waals surface area contributed by atoms with Crippen molar-refractivity contribution in [2.24, 2.45) is 0 Å². The second kappa shape index (κ2) is 61.5. The third-order valence-corrected chi connectivity index (χ3v) is 16.4. The van der Waals surface area contributed by atoms with E-state index in [4.69, 9.17) is 9.05 Å². The van der Waals surface area contributed by atoms with Crippen LogP contribution in [-0.4, -0.2) is 73.4 Å². The number of phosphoric ester groups is 1. The van der Waals surface area contributed by atoms with Crippen LogP contribution in [0.25, 0.3) is 0 Å². The van der Waals surface area contributed by atoms with Crippen LogP contribution in [0.15, 0.2) is 72.9 Å². The van der Waals surface area contributed by atoms with Crippen molar-refractivity contribution in [3.63, 3.8) is 0 Å². The number of carbonyl (C=O) groups is 1. The first-order valence-corrected chi connectivity index (χ1v) is 35.8. The summed E-state index contributed by atoms with van der Waals surface area (Å²) in [6.45, 7) is 4.74. The Hall–Kier alpha value is -2.06. The van der Waals surface area contributed by atoms with Crippen molar-refractivity contribution in [2.75, 3.05) is 40.9 Å². The van der Waals surface area contributed by atoms with Crippen LogP contribution < -0.4 is 5.32 Å². The first-order valence-electron chi connectivity index (χ1n) is 34.3. The van der Waals surface area contributed by atoms with Crippen molar-refractivity contribution >= 4 is 13.7 Å². The number of rotatable bonds is 63. The molecule has 9 heteroatoms. The highest BCUT2D eigenvalue weighted by Crippen LogP contribution is 2.43. The summed E-state index contributed by atoms with van der Waals surface area (Å²) in [5.74, 6) is -0.175. The van der Waals surface area contributed by atoms with Crippen molar-refractivity contribution in [1.82, 2.24) is 5.32 Å².